The van der Waals surface area contributed by atoms with Gasteiger partial charge in [0.15, 0.2) is 0 Å². The summed E-state index contributed by atoms with van der Waals surface area (Å²) in [6.45, 7) is 0.376. The molecular formula is C23H22ClN5O2. The number of nitrogens with zero attached hydrogens (tertiary/aromatic N) is 3. The molecular weight excluding hydrogens is 414 g/mol. The molecule has 7 nitrogen and oxygen atoms in total. The van der Waals surface area contributed by atoms with E-state index in [0.29, 0.717) is 30.0 Å². The normalized spacial score (nSPS) is 13.9. The van der Waals surface area contributed by atoms with Crippen molar-refractivity contribution in [3.05, 3.63) is 83.4 Å². The molecule has 2 N–H and O–H groups in total. The third-order valence-corrected chi connectivity index (χ3v) is 5.67. The molecule has 1 aliphatic rings. The van der Waals surface area contributed by atoms with Crippen LogP contribution in [0.5, 0.6) is 0 Å². The van der Waals surface area contributed by atoms with Gasteiger partial charge in [0.2, 0.25) is 5.91 Å². The van der Waals surface area contributed by atoms with E-state index in [1.54, 1.807) is 0 Å². The number of para-hydroxylation sites is 1. The Hall–Kier alpha value is -3.45. The molecule has 0 saturated heterocycles. The standard InChI is InChI=1S/C23H22ClN5O2/c1-29(20-5-3-2-4-19(20)24)18-8-6-16(7-9-18)12-27-22(31)23(10-11-23)28-21(30)17-13-25-15-26-14-17/h2-9,13-15H,10-12H2,1H3,(H,27,31)(H,28,30). The predicted molar refractivity (Wildman–Crippen MR) is 119 cm³/mol. The minimum Gasteiger partial charge on any atom is -0.350 e. The lowest BCUT2D eigenvalue weighted by Gasteiger charge is -2.21. The average Bonchev–Trinajstić information content (AvgIpc) is 3.59. The van der Waals surface area contributed by atoms with E-state index in [4.69, 9.17) is 11.6 Å². The highest BCUT2D eigenvalue weighted by atomic mass is 35.5. The Morgan fingerprint density at radius 1 is 1.06 bits per heavy atom. The molecule has 2 aromatic carbocycles. The number of hydrogen-bond donors (Lipinski definition) is 2. The number of anilines is 2. The lowest BCUT2D eigenvalue weighted by molar-refractivity contribution is -0.124. The Morgan fingerprint density at radius 2 is 1.74 bits per heavy atom. The zero-order valence-corrected chi connectivity index (χ0v) is 17.8. The monoisotopic (exact) mass is 435 g/mol. The van der Waals surface area contributed by atoms with Crippen LogP contribution in [0.25, 0.3) is 0 Å². The van der Waals surface area contributed by atoms with Crippen LogP contribution in [0.4, 0.5) is 11.4 Å². The number of carbonyl (C=O) groups is 2. The molecule has 1 aliphatic carbocycles. The molecule has 1 heterocycles. The number of benzene rings is 2. The molecule has 1 aromatic heterocycles. The van der Waals surface area contributed by atoms with Gasteiger partial charge in [-0.25, -0.2) is 9.97 Å². The summed E-state index contributed by atoms with van der Waals surface area (Å²) in [5, 5.41) is 6.43. The van der Waals surface area contributed by atoms with Crippen LogP contribution in [0.2, 0.25) is 5.02 Å². The molecule has 4 rings (SSSR count). The van der Waals surface area contributed by atoms with Crippen LogP contribution in [0.3, 0.4) is 0 Å². The smallest absolute Gasteiger partial charge is 0.255 e. The Labute approximate surface area is 185 Å². The van der Waals surface area contributed by atoms with Crippen molar-refractivity contribution in [2.45, 2.75) is 24.9 Å². The van der Waals surface area contributed by atoms with Gasteiger partial charge < -0.3 is 15.5 Å². The van der Waals surface area contributed by atoms with Crippen LogP contribution >= 0.6 is 11.6 Å². The molecule has 0 unspecified atom stereocenters. The van der Waals surface area contributed by atoms with Crippen molar-refractivity contribution in [2.24, 2.45) is 0 Å². The maximum atomic E-state index is 12.7. The fourth-order valence-corrected chi connectivity index (χ4v) is 3.55. The third-order valence-electron chi connectivity index (χ3n) is 5.35. The Bertz CT molecular complexity index is 1080. The van der Waals surface area contributed by atoms with Crippen LogP contribution in [0.15, 0.2) is 67.3 Å². The second-order valence-corrected chi connectivity index (χ2v) is 7.93. The van der Waals surface area contributed by atoms with E-state index in [1.807, 2.05) is 60.5 Å². The Kier molecular flexibility index (Phi) is 5.86. The van der Waals surface area contributed by atoms with Crippen LogP contribution in [-0.2, 0) is 11.3 Å². The van der Waals surface area contributed by atoms with Gasteiger partial charge in [0.1, 0.15) is 11.9 Å². The van der Waals surface area contributed by atoms with Gasteiger partial charge >= 0.3 is 0 Å². The van der Waals surface area contributed by atoms with Crippen molar-refractivity contribution in [3.63, 3.8) is 0 Å². The maximum absolute atomic E-state index is 12.7. The lowest BCUT2D eigenvalue weighted by atomic mass is 10.1. The summed E-state index contributed by atoms with van der Waals surface area (Å²) >= 11 is 6.28. The Morgan fingerprint density at radius 3 is 2.39 bits per heavy atom. The number of nitrogens with one attached hydrogen (secondary N) is 2. The minimum atomic E-state index is -0.850. The van der Waals surface area contributed by atoms with Gasteiger partial charge in [-0.2, -0.15) is 0 Å². The van der Waals surface area contributed by atoms with Crippen molar-refractivity contribution in [2.75, 3.05) is 11.9 Å². The van der Waals surface area contributed by atoms with E-state index in [-0.39, 0.29) is 11.8 Å². The summed E-state index contributed by atoms with van der Waals surface area (Å²) in [7, 11) is 1.95. The first-order valence-corrected chi connectivity index (χ1v) is 10.3. The number of carbonyl (C=O) groups excluding carboxylic acids is 2. The SMILES string of the molecule is CN(c1ccc(CNC(=O)C2(NC(=O)c3cncnc3)CC2)cc1)c1ccccc1Cl. The van der Waals surface area contributed by atoms with Crippen LogP contribution < -0.4 is 15.5 Å². The molecule has 0 atom stereocenters. The first kappa shape index (κ1) is 20.8. The summed E-state index contributed by atoms with van der Waals surface area (Å²) in [5.41, 5.74) is 2.35. The summed E-state index contributed by atoms with van der Waals surface area (Å²) in [4.78, 5) is 34.7. The van der Waals surface area contributed by atoms with Crippen molar-refractivity contribution in [1.29, 1.82) is 0 Å². The number of rotatable bonds is 7. The van der Waals surface area contributed by atoms with E-state index in [2.05, 4.69) is 20.6 Å². The van der Waals surface area contributed by atoms with Gasteiger partial charge in [-0.15, -0.1) is 0 Å². The first-order chi connectivity index (χ1) is 15.0. The Balaban J connectivity index is 1.34. The van der Waals surface area contributed by atoms with E-state index in [0.717, 1.165) is 16.9 Å². The van der Waals surface area contributed by atoms with Gasteiger partial charge in [0.25, 0.3) is 5.91 Å². The maximum Gasteiger partial charge on any atom is 0.255 e. The molecule has 2 amide bonds. The molecule has 0 bridgehead atoms. The summed E-state index contributed by atoms with van der Waals surface area (Å²) in [6.07, 6.45) is 5.43. The average molecular weight is 436 g/mol. The highest BCUT2D eigenvalue weighted by Crippen LogP contribution is 2.36. The van der Waals surface area contributed by atoms with E-state index >= 15 is 0 Å². The molecule has 3 aromatic rings. The zero-order chi connectivity index (χ0) is 21.8. The van der Waals surface area contributed by atoms with Gasteiger partial charge in [-0.05, 0) is 42.7 Å². The second kappa shape index (κ2) is 8.73. The number of hydrogen-bond acceptors (Lipinski definition) is 5. The summed E-state index contributed by atoms with van der Waals surface area (Å²) in [5.74, 6) is -0.532. The molecule has 158 valence electrons. The van der Waals surface area contributed by atoms with Crippen molar-refractivity contribution in [3.8, 4) is 0 Å². The lowest BCUT2D eigenvalue weighted by Crippen LogP contribution is -2.48. The van der Waals surface area contributed by atoms with Crippen LogP contribution in [-0.4, -0.2) is 34.4 Å². The fraction of sp³-hybridized carbons (Fsp3) is 0.217. The van der Waals surface area contributed by atoms with Gasteiger partial charge in [-0.1, -0.05) is 35.9 Å². The van der Waals surface area contributed by atoms with Gasteiger partial charge in [0, 0.05) is 31.7 Å². The van der Waals surface area contributed by atoms with E-state index < -0.39 is 5.54 Å². The van der Waals surface area contributed by atoms with Crippen molar-refractivity contribution < 1.29 is 9.59 Å². The van der Waals surface area contributed by atoms with Crippen molar-refractivity contribution in [1.82, 2.24) is 20.6 Å². The molecule has 8 heteroatoms. The quantitative estimate of drug-likeness (QED) is 0.593. The molecule has 31 heavy (non-hydrogen) atoms. The highest BCUT2D eigenvalue weighted by Gasteiger charge is 2.51. The van der Waals surface area contributed by atoms with Crippen molar-refractivity contribution >= 4 is 34.8 Å². The van der Waals surface area contributed by atoms with E-state index in [1.165, 1.54) is 18.7 Å². The summed E-state index contributed by atoms with van der Waals surface area (Å²) < 4.78 is 0. The van der Waals surface area contributed by atoms with E-state index in [9.17, 15) is 9.59 Å². The third kappa shape index (κ3) is 4.67. The second-order valence-electron chi connectivity index (χ2n) is 7.52. The molecule has 0 spiro atoms. The largest absolute Gasteiger partial charge is 0.350 e. The molecule has 0 aliphatic heterocycles. The minimum absolute atomic E-state index is 0.185. The first-order valence-electron chi connectivity index (χ1n) is 9.91. The number of aromatic nitrogens is 2. The van der Waals surface area contributed by atoms with Crippen LogP contribution in [0.1, 0.15) is 28.8 Å². The zero-order valence-electron chi connectivity index (χ0n) is 17.0. The van der Waals surface area contributed by atoms with Gasteiger partial charge in [0.05, 0.1) is 16.3 Å². The number of amides is 2. The molecule has 1 fully saturated rings. The molecule has 1 saturated carbocycles. The topological polar surface area (TPSA) is 87.2 Å². The highest BCUT2D eigenvalue weighted by molar-refractivity contribution is 6.33. The van der Waals surface area contributed by atoms with Gasteiger partial charge in [-0.3, -0.25) is 9.59 Å². The predicted octanol–water partition coefficient (Wildman–Crippen LogP) is 3.48. The van der Waals surface area contributed by atoms with Crippen LogP contribution in [0, 0.1) is 0 Å². The molecule has 0 radical (unpaired) electrons. The summed E-state index contributed by atoms with van der Waals surface area (Å²) in [6, 6.07) is 15.5. The number of halogens is 1. The fourth-order valence-electron chi connectivity index (χ4n) is 3.29.